The molecular formula is C52H47N5O. The van der Waals surface area contributed by atoms with Gasteiger partial charge in [-0.2, -0.15) is 5.10 Å². The Morgan fingerprint density at radius 2 is 1.14 bits per heavy atom. The van der Waals surface area contributed by atoms with Gasteiger partial charge in [0, 0.05) is 46.6 Å². The van der Waals surface area contributed by atoms with Crippen molar-refractivity contribution < 1.29 is 5.11 Å². The lowest BCUT2D eigenvalue weighted by molar-refractivity contribution is 0.477. The molecule has 0 bridgehead atoms. The number of benzene rings is 5. The first-order chi connectivity index (χ1) is 27.8. The first-order valence-corrected chi connectivity index (χ1v) is 19.9. The highest BCUT2D eigenvalue weighted by Crippen LogP contribution is 2.41. The van der Waals surface area contributed by atoms with Gasteiger partial charge >= 0.3 is 0 Å². The number of hydrogen-bond donors (Lipinski definition) is 1. The van der Waals surface area contributed by atoms with E-state index in [0.717, 1.165) is 72.4 Å². The molecule has 0 aliphatic heterocycles. The lowest BCUT2D eigenvalue weighted by Crippen LogP contribution is -2.16. The van der Waals surface area contributed by atoms with Crippen LogP contribution in [0.4, 0.5) is 0 Å². The number of fused-ring (bicyclic) bond motifs is 3. The van der Waals surface area contributed by atoms with Crippen LogP contribution >= 0.6 is 0 Å². The van der Waals surface area contributed by atoms with E-state index in [0.29, 0.717) is 11.3 Å². The van der Waals surface area contributed by atoms with E-state index < -0.39 is 0 Å². The van der Waals surface area contributed by atoms with Crippen LogP contribution in [0.5, 0.6) is 5.75 Å². The fraction of sp³-hybridized carbons (Fsp3) is 0.173. The quantitative estimate of drug-likeness (QED) is 0.183. The predicted octanol–water partition coefficient (Wildman–Crippen LogP) is 12.9. The second kappa shape index (κ2) is 14.0. The Kier molecular flexibility index (Phi) is 8.89. The summed E-state index contributed by atoms with van der Waals surface area (Å²) in [6.45, 7) is 13.6. The molecule has 1 N–H and O–H groups in total. The number of hydrogen-bond acceptors (Lipinski definition) is 4. The molecule has 0 aliphatic rings. The van der Waals surface area contributed by atoms with E-state index in [1.54, 1.807) is 6.07 Å². The normalized spacial score (nSPS) is 12.1. The van der Waals surface area contributed by atoms with Crippen LogP contribution in [-0.4, -0.2) is 29.4 Å². The van der Waals surface area contributed by atoms with Gasteiger partial charge in [-0.3, -0.25) is 9.67 Å². The molecule has 9 rings (SSSR count). The van der Waals surface area contributed by atoms with Gasteiger partial charge in [-0.15, -0.1) is 0 Å². The lowest BCUT2D eigenvalue weighted by Gasteiger charge is -2.26. The molecule has 0 radical (unpaired) electrons. The molecule has 9 aromatic rings. The minimum atomic E-state index is -0.0386. The molecule has 4 aromatic heterocycles. The maximum absolute atomic E-state index is 11.0. The van der Waals surface area contributed by atoms with Crippen LogP contribution in [0, 0.1) is 0 Å². The summed E-state index contributed by atoms with van der Waals surface area (Å²) in [6.07, 6.45) is 3.85. The molecular weight excluding hydrogens is 711 g/mol. The van der Waals surface area contributed by atoms with Gasteiger partial charge in [0.2, 0.25) is 0 Å². The third-order valence-corrected chi connectivity index (χ3v) is 11.2. The number of phenols is 1. The molecule has 0 saturated carbocycles. The lowest BCUT2D eigenvalue weighted by atomic mass is 9.79. The maximum atomic E-state index is 11.0. The summed E-state index contributed by atoms with van der Waals surface area (Å²) in [5.74, 6) is 0.198. The summed E-state index contributed by atoms with van der Waals surface area (Å²) in [6, 6.07) is 48.4. The molecule has 0 aliphatic carbocycles. The Morgan fingerprint density at radius 1 is 0.517 bits per heavy atom. The monoisotopic (exact) mass is 757 g/mol. The number of nitrogens with zero attached hydrogens (tertiary/aromatic N) is 5. The molecule has 58 heavy (non-hydrogen) atoms. The summed E-state index contributed by atoms with van der Waals surface area (Å²) in [7, 11) is 2.00. The number of aromatic nitrogens is 5. The van der Waals surface area contributed by atoms with Crippen molar-refractivity contribution in [2.45, 2.75) is 52.4 Å². The van der Waals surface area contributed by atoms with E-state index in [2.05, 4.69) is 160 Å². The van der Waals surface area contributed by atoms with Crippen LogP contribution in [0.25, 0.3) is 83.6 Å². The third kappa shape index (κ3) is 6.64. The average Bonchev–Trinajstić information content (AvgIpc) is 3.77. The highest BCUT2D eigenvalue weighted by Gasteiger charge is 2.23. The molecule has 0 atom stereocenters. The van der Waals surface area contributed by atoms with E-state index in [9.17, 15) is 5.11 Å². The van der Waals surface area contributed by atoms with E-state index in [-0.39, 0.29) is 16.6 Å². The van der Waals surface area contributed by atoms with Gasteiger partial charge in [-0.05, 0) is 93.2 Å². The van der Waals surface area contributed by atoms with Gasteiger partial charge < -0.3 is 9.67 Å². The number of rotatable bonds is 6. The molecule has 0 fully saturated rings. The third-order valence-electron chi connectivity index (χ3n) is 11.2. The second-order valence-electron chi connectivity index (χ2n) is 17.3. The fourth-order valence-corrected chi connectivity index (χ4v) is 8.00. The Morgan fingerprint density at radius 3 is 1.86 bits per heavy atom. The number of phenolic OH excluding ortho intramolecular Hbond substituents is 1. The average molecular weight is 758 g/mol. The van der Waals surface area contributed by atoms with Crippen molar-refractivity contribution in [2.75, 3.05) is 0 Å². The Balaban J connectivity index is 1.19. The summed E-state index contributed by atoms with van der Waals surface area (Å²) >= 11 is 0. The van der Waals surface area contributed by atoms with Gasteiger partial charge in [0.25, 0.3) is 0 Å². The topological polar surface area (TPSA) is 68.8 Å². The Labute approximate surface area is 340 Å². The molecule has 286 valence electrons. The van der Waals surface area contributed by atoms with Crippen molar-refractivity contribution >= 4 is 21.9 Å². The van der Waals surface area contributed by atoms with Crippen LogP contribution in [0.3, 0.4) is 0 Å². The van der Waals surface area contributed by atoms with Crippen molar-refractivity contribution in [1.29, 1.82) is 0 Å². The number of para-hydroxylation sites is 3. The van der Waals surface area contributed by atoms with Crippen LogP contribution in [0.1, 0.15) is 52.7 Å². The maximum Gasteiger partial charge on any atom is 0.124 e. The van der Waals surface area contributed by atoms with Crippen LogP contribution in [-0.2, 0) is 17.9 Å². The predicted molar refractivity (Wildman–Crippen MR) is 239 cm³/mol. The van der Waals surface area contributed by atoms with Gasteiger partial charge in [0.05, 0.1) is 39.8 Å². The molecule has 4 heterocycles. The van der Waals surface area contributed by atoms with E-state index in [1.807, 2.05) is 48.4 Å². The summed E-state index contributed by atoms with van der Waals surface area (Å²) in [5.41, 5.74) is 16.3. The van der Waals surface area contributed by atoms with Crippen molar-refractivity contribution in [3.05, 3.63) is 163 Å². The first-order valence-electron chi connectivity index (χ1n) is 19.9. The van der Waals surface area contributed by atoms with Gasteiger partial charge in [0.1, 0.15) is 5.75 Å². The number of aryl methyl sites for hydroxylation is 1. The van der Waals surface area contributed by atoms with Gasteiger partial charge in [-0.25, -0.2) is 4.98 Å². The minimum Gasteiger partial charge on any atom is -0.507 e. The summed E-state index contributed by atoms with van der Waals surface area (Å²) in [4.78, 5) is 10.1. The zero-order valence-corrected chi connectivity index (χ0v) is 34.1. The molecule has 5 aromatic carbocycles. The summed E-state index contributed by atoms with van der Waals surface area (Å²) in [5, 5.41) is 16.8. The molecule has 0 amide bonds. The molecule has 0 unspecified atom stereocenters. The Hall–Kier alpha value is -6.79. The zero-order chi connectivity index (χ0) is 40.3. The van der Waals surface area contributed by atoms with Crippen LogP contribution < -0.4 is 0 Å². The highest BCUT2D eigenvalue weighted by molar-refractivity contribution is 6.12. The number of aromatic hydroxyl groups is 1. The van der Waals surface area contributed by atoms with Crippen molar-refractivity contribution in [3.63, 3.8) is 0 Å². The Bertz CT molecular complexity index is 2960. The largest absolute Gasteiger partial charge is 0.507 e. The molecule has 6 nitrogen and oxygen atoms in total. The van der Waals surface area contributed by atoms with E-state index in [1.165, 1.54) is 11.1 Å². The first kappa shape index (κ1) is 36.8. The smallest absolute Gasteiger partial charge is 0.124 e. The zero-order valence-electron chi connectivity index (χ0n) is 34.1. The van der Waals surface area contributed by atoms with Gasteiger partial charge in [-0.1, -0.05) is 126 Å². The fourth-order valence-electron chi connectivity index (χ4n) is 8.00. The highest BCUT2D eigenvalue weighted by atomic mass is 16.3. The van der Waals surface area contributed by atoms with Crippen LogP contribution in [0.15, 0.2) is 152 Å². The standard InChI is InChI=1S/C52H47N5O/c1-51(2,3)38-26-36(27-39(31-38)52(4,5)6)37-29-45(55-46(30-37)42-19-11-12-22-48(42)58)35-16-13-15-34(25-35)44-28-33(23-24-53-44)41-20-14-21-43-49(41)57(40-17-9-8-10-18-40)47-32-54-56(7)50(43)47/h8-32,58H,1-7H3. The van der Waals surface area contributed by atoms with Crippen molar-refractivity contribution in [1.82, 2.24) is 24.3 Å². The number of pyridine rings is 2. The minimum absolute atomic E-state index is 0.0386. The summed E-state index contributed by atoms with van der Waals surface area (Å²) < 4.78 is 4.28. The van der Waals surface area contributed by atoms with E-state index >= 15 is 0 Å². The van der Waals surface area contributed by atoms with Crippen molar-refractivity contribution in [3.8, 4) is 67.5 Å². The molecule has 6 heteroatoms. The molecule has 0 saturated heterocycles. The van der Waals surface area contributed by atoms with Gasteiger partial charge in [0.15, 0.2) is 0 Å². The van der Waals surface area contributed by atoms with Crippen molar-refractivity contribution in [2.24, 2.45) is 7.05 Å². The van der Waals surface area contributed by atoms with E-state index in [4.69, 9.17) is 9.97 Å². The molecule has 0 spiro atoms. The second-order valence-corrected chi connectivity index (χ2v) is 17.3. The SMILES string of the molecule is Cn1ncc2c1c1cccc(-c3ccnc(-c4cccc(-c5cc(-c6cc(C(C)(C)C)cc(C(C)(C)C)c6)cc(-c6ccccc6O)n5)c4)c3)c1n2-c1ccccc1. The van der Waals surface area contributed by atoms with Crippen LogP contribution in [0.2, 0.25) is 0 Å².